The molecule has 10 heteroatoms. The zero-order valence-electron chi connectivity index (χ0n) is 20.2. The number of hydrogen-bond donors (Lipinski definition) is 1. The molecule has 5 rings (SSSR count). The molecule has 0 unspecified atom stereocenters. The fraction of sp³-hybridized carbons (Fsp3) is 0.615. The van der Waals surface area contributed by atoms with E-state index in [9.17, 15) is 22.0 Å². The zero-order chi connectivity index (χ0) is 25.4. The van der Waals surface area contributed by atoms with Crippen molar-refractivity contribution in [3.63, 3.8) is 0 Å². The van der Waals surface area contributed by atoms with E-state index in [1.165, 1.54) is 6.07 Å². The van der Waals surface area contributed by atoms with Crippen molar-refractivity contribution in [2.45, 2.75) is 51.3 Å². The van der Waals surface area contributed by atoms with Gasteiger partial charge in [-0.05, 0) is 74.1 Å². The molecule has 1 N–H and O–H groups in total. The van der Waals surface area contributed by atoms with Gasteiger partial charge in [-0.2, -0.15) is 13.2 Å². The van der Waals surface area contributed by atoms with Crippen LogP contribution in [0.2, 0.25) is 0 Å². The standard InChI is InChI=1S/C26H31F5N4O/c1-15-2-3-19(26(29,30)31)10-21(15)23-11-22(24(27)28)25(34-33-23)32-20-8-17-13-35(14-18(17)9-20)12-16-4-6-36-7-5-16/h2-3,10-11,16-18,20,24H,4-9,12-14H2,1H3,(H,32,34)/t17-,18+,20-. The Labute approximate surface area is 207 Å². The van der Waals surface area contributed by atoms with Gasteiger partial charge in [-0.15, -0.1) is 10.2 Å². The van der Waals surface area contributed by atoms with Crippen LogP contribution in [0.1, 0.15) is 48.8 Å². The molecule has 196 valence electrons. The van der Waals surface area contributed by atoms with E-state index in [0.717, 1.165) is 76.7 Å². The maximum atomic E-state index is 14.0. The maximum Gasteiger partial charge on any atom is 0.416 e. The smallest absolute Gasteiger partial charge is 0.381 e. The summed E-state index contributed by atoms with van der Waals surface area (Å²) >= 11 is 0. The first-order valence-corrected chi connectivity index (χ1v) is 12.6. The second kappa shape index (κ2) is 10.2. The van der Waals surface area contributed by atoms with Gasteiger partial charge in [0.15, 0.2) is 5.82 Å². The topological polar surface area (TPSA) is 50.3 Å². The highest BCUT2D eigenvalue weighted by Crippen LogP contribution is 2.41. The van der Waals surface area contributed by atoms with Crippen molar-refractivity contribution in [2.75, 3.05) is 38.2 Å². The third-order valence-electron chi connectivity index (χ3n) is 7.92. The van der Waals surface area contributed by atoms with Crippen LogP contribution >= 0.6 is 0 Å². The Hall–Kier alpha value is -2.33. The summed E-state index contributed by atoms with van der Waals surface area (Å²) in [7, 11) is 0. The van der Waals surface area contributed by atoms with E-state index in [0.29, 0.717) is 23.3 Å². The van der Waals surface area contributed by atoms with Gasteiger partial charge >= 0.3 is 6.18 Å². The van der Waals surface area contributed by atoms with Crippen LogP contribution in [0.3, 0.4) is 0 Å². The normalized spacial score (nSPS) is 25.5. The summed E-state index contributed by atoms with van der Waals surface area (Å²) in [4.78, 5) is 2.54. The van der Waals surface area contributed by atoms with E-state index in [1.54, 1.807) is 6.92 Å². The molecule has 2 saturated heterocycles. The molecule has 1 aromatic heterocycles. The molecule has 1 aliphatic carbocycles. The average Bonchev–Trinajstić information content (AvgIpc) is 3.37. The molecular formula is C26H31F5N4O. The van der Waals surface area contributed by atoms with Crippen LogP contribution in [0, 0.1) is 24.7 Å². The quantitative estimate of drug-likeness (QED) is 0.487. The highest BCUT2D eigenvalue weighted by Gasteiger charge is 2.41. The molecule has 0 bridgehead atoms. The van der Waals surface area contributed by atoms with Crippen LogP contribution in [0.15, 0.2) is 24.3 Å². The van der Waals surface area contributed by atoms with Crippen molar-refractivity contribution in [3.05, 3.63) is 41.0 Å². The molecule has 1 saturated carbocycles. The van der Waals surface area contributed by atoms with Crippen LogP contribution in [-0.2, 0) is 10.9 Å². The third kappa shape index (κ3) is 5.49. The molecule has 1 aromatic carbocycles. The lowest BCUT2D eigenvalue weighted by Gasteiger charge is -2.28. The van der Waals surface area contributed by atoms with Gasteiger partial charge in [-0.3, -0.25) is 0 Å². The number of fused-ring (bicyclic) bond motifs is 1. The lowest BCUT2D eigenvalue weighted by atomic mass is 10.00. The minimum Gasteiger partial charge on any atom is -0.381 e. The molecule has 0 radical (unpaired) electrons. The molecule has 36 heavy (non-hydrogen) atoms. The number of likely N-dealkylation sites (tertiary alicyclic amines) is 1. The number of nitrogens with one attached hydrogen (secondary N) is 1. The summed E-state index contributed by atoms with van der Waals surface area (Å²) in [5, 5.41) is 11.2. The molecule has 2 aromatic rings. The summed E-state index contributed by atoms with van der Waals surface area (Å²) in [6.45, 7) is 6.47. The van der Waals surface area contributed by atoms with Crippen molar-refractivity contribution < 1.29 is 26.7 Å². The lowest BCUT2D eigenvalue weighted by Crippen LogP contribution is -2.32. The number of ether oxygens (including phenoxy) is 1. The van der Waals surface area contributed by atoms with Gasteiger partial charge in [0.2, 0.25) is 0 Å². The number of nitrogens with zero attached hydrogens (tertiary/aromatic N) is 3. The number of anilines is 1. The van der Waals surface area contributed by atoms with Crippen molar-refractivity contribution >= 4 is 5.82 Å². The van der Waals surface area contributed by atoms with E-state index in [2.05, 4.69) is 20.4 Å². The van der Waals surface area contributed by atoms with E-state index in [1.807, 2.05) is 0 Å². The molecule has 0 spiro atoms. The lowest BCUT2D eigenvalue weighted by molar-refractivity contribution is -0.137. The zero-order valence-corrected chi connectivity index (χ0v) is 20.2. The number of aromatic nitrogens is 2. The average molecular weight is 511 g/mol. The van der Waals surface area contributed by atoms with Gasteiger partial charge < -0.3 is 15.0 Å². The minimum absolute atomic E-state index is 0.00601. The molecule has 2 aliphatic heterocycles. The predicted octanol–water partition coefficient (Wildman–Crippen LogP) is 5.96. The fourth-order valence-corrected chi connectivity index (χ4v) is 6.04. The van der Waals surface area contributed by atoms with Crippen LogP contribution in [0.4, 0.5) is 27.8 Å². The summed E-state index contributed by atoms with van der Waals surface area (Å²) in [6, 6.07) is 4.41. The van der Waals surface area contributed by atoms with Crippen LogP contribution in [-0.4, -0.2) is 54.0 Å². The number of halogens is 5. The second-order valence-electron chi connectivity index (χ2n) is 10.5. The second-order valence-corrected chi connectivity index (χ2v) is 10.5. The molecule has 0 amide bonds. The molecule has 5 nitrogen and oxygen atoms in total. The molecular weight excluding hydrogens is 479 g/mol. The number of aryl methyl sites for hydroxylation is 1. The van der Waals surface area contributed by atoms with Crippen molar-refractivity contribution in [2.24, 2.45) is 17.8 Å². The largest absolute Gasteiger partial charge is 0.416 e. The van der Waals surface area contributed by atoms with Gasteiger partial charge in [0.1, 0.15) is 0 Å². The Morgan fingerprint density at radius 2 is 1.75 bits per heavy atom. The summed E-state index contributed by atoms with van der Waals surface area (Å²) < 4.78 is 72.9. The highest BCUT2D eigenvalue weighted by molar-refractivity contribution is 5.66. The van der Waals surface area contributed by atoms with Crippen molar-refractivity contribution in [3.8, 4) is 11.3 Å². The maximum absolute atomic E-state index is 14.0. The molecule has 3 heterocycles. The van der Waals surface area contributed by atoms with Crippen molar-refractivity contribution in [1.29, 1.82) is 0 Å². The van der Waals surface area contributed by atoms with Crippen molar-refractivity contribution in [1.82, 2.24) is 15.1 Å². The number of alkyl halides is 5. The Morgan fingerprint density at radius 1 is 1.06 bits per heavy atom. The van der Waals surface area contributed by atoms with E-state index >= 15 is 0 Å². The summed E-state index contributed by atoms with van der Waals surface area (Å²) in [5.41, 5.74) is -0.534. The molecule has 3 aliphatic rings. The van der Waals surface area contributed by atoms with Crippen LogP contribution in [0.5, 0.6) is 0 Å². The summed E-state index contributed by atoms with van der Waals surface area (Å²) in [5.74, 6) is 1.76. The fourth-order valence-electron chi connectivity index (χ4n) is 6.04. The van der Waals surface area contributed by atoms with E-state index in [-0.39, 0.29) is 28.7 Å². The van der Waals surface area contributed by atoms with Crippen LogP contribution < -0.4 is 5.32 Å². The van der Waals surface area contributed by atoms with Gasteiger partial charge in [0, 0.05) is 44.5 Å². The van der Waals surface area contributed by atoms with E-state index in [4.69, 9.17) is 4.74 Å². The number of hydrogen-bond acceptors (Lipinski definition) is 5. The number of rotatable bonds is 6. The summed E-state index contributed by atoms with van der Waals surface area (Å²) in [6.07, 6.45) is -3.38. The minimum atomic E-state index is -4.54. The van der Waals surface area contributed by atoms with Gasteiger partial charge in [-0.1, -0.05) is 6.07 Å². The van der Waals surface area contributed by atoms with Gasteiger partial charge in [0.25, 0.3) is 6.43 Å². The Morgan fingerprint density at radius 3 is 2.39 bits per heavy atom. The van der Waals surface area contributed by atoms with Crippen LogP contribution in [0.25, 0.3) is 11.3 Å². The van der Waals surface area contributed by atoms with Gasteiger partial charge in [-0.25, -0.2) is 8.78 Å². The first-order valence-electron chi connectivity index (χ1n) is 12.6. The Bertz CT molecular complexity index is 1060. The third-order valence-corrected chi connectivity index (χ3v) is 7.92. The molecule has 3 fully saturated rings. The Kier molecular flexibility index (Phi) is 7.18. The predicted molar refractivity (Wildman–Crippen MR) is 126 cm³/mol. The highest BCUT2D eigenvalue weighted by atomic mass is 19.4. The van der Waals surface area contributed by atoms with Gasteiger partial charge in [0.05, 0.1) is 16.8 Å². The first kappa shape index (κ1) is 25.3. The first-order chi connectivity index (χ1) is 17.2. The Balaban J connectivity index is 1.26. The molecule has 3 atom stereocenters. The monoisotopic (exact) mass is 510 g/mol. The number of benzene rings is 1. The van der Waals surface area contributed by atoms with E-state index < -0.39 is 18.2 Å². The SMILES string of the molecule is Cc1ccc(C(F)(F)F)cc1-c1cc(C(F)F)c(N[C@@H]2C[C@@H]3CN(CC4CCOCC4)C[C@@H]3C2)nn1.